The van der Waals surface area contributed by atoms with Crippen LogP contribution in [0.15, 0.2) is 6.20 Å². The zero-order chi connectivity index (χ0) is 10.2. The molecule has 0 aromatic carbocycles. The van der Waals surface area contributed by atoms with Crippen LogP contribution in [-0.4, -0.2) is 20.3 Å². The Balaban J connectivity index is 2.07. The third-order valence-electron chi connectivity index (χ3n) is 3.10. The summed E-state index contributed by atoms with van der Waals surface area (Å²) in [6.45, 7) is 2.34. The Labute approximate surface area is 93.0 Å². The minimum Gasteiger partial charge on any atom is -0.255 e. The van der Waals surface area contributed by atoms with E-state index in [0.717, 1.165) is 23.4 Å². The van der Waals surface area contributed by atoms with Crippen molar-refractivity contribution >= 4 is 15.9 Å². The van der Waals surface area contributed by atoms with Crippen molar-refractivity contribution in [3.8, 4) is 0 Å². The molecule has 0 N–H and O–H groups in total. The van der Waals surface area contributed by atoms with Gasteiger partial charge in [0.2, 0.25) is 0 Å². The number of alkyl halides is 1. The Hall–Kier alpha value is -0.380. The summed E-state index contributed by atoms with van der Waals surface area (Å²) in [5, 5.41) is 9.17. The first-order valence-corrected chi connectivity index (χ1v) is 6.17. The van der Waals surface area contributed by atoms with Crippen molar-refractivity contribution in [1.82, 2.24) is 15.0 Å². The average molecular weight is 258 g/mol. The van der Waals surface area contributed by atoms with Crippen LogP contribution in [0.2, 0.25) is 0 Å². The van der Waals surface area contributed by atoms with Crippen LogP contribution >= 0.6 is 15.9 Å². The maximum atomic E-state index is 4.15. The molecule has 1 aliphatic rings. The smallest absolute Gasteiger partial charge is 0.0832 e. The molecule has 1 saturated carbocycles. The van der Waals surface area contributed by atoms with E-state index in [4.69, 9.17) is 0 Å². The number of aromatic nitrogens is 3. The van der Waals surface area contributed by atoms with Crippen molar-refractivity contribution in [2.24, 2.45) is 18.4 Å². The molecule has 1 aromatic rings. The molecule has 0 amide bonds. The van der Waals surface area contributed by atoms with E-state index in [1.54, 1.807) is 4.68 Å². The lowest BCUT2D eigenvalue weighted by Gasteiger charge is -2.25. The van der Waals surface area contributed by atoms with Gasteiger partial charge < -0.3 is 0 Å². The van der Waals surface area contributed by atoms with Gasteiger partial charge in [-0.1, -0.05) is 28.1 Å². The monoisotopic (exact) mass is 257 g/mol. The highest BCUT2D eigenvalue weighted by Gasteiger charge is 2.41. The molecule has 1 unspecified atom stereocenters. The third-order valence-corrected chi connectivity index (χ3v) is 4.38. The zero-order valence-corrected chi connectivity index (χ0v) is 10.3. The molecule has 3 nitrogen and oxygen atoms in total. The quantitative estimate of drug-likeness (QED) is 0.775. The van der Waals surface area contributed by atoms with E-state index in [2.05, 4.69) is 33.2 Å². The number of nitrogens with zero attached hydrogens (tertiary/aromatic N) is 3. The summed E-state index contributed by atoms with van der Waals surface area (Å²) in [5.74, 6) is 0.879. The van der Waals surface area contributed by atoms with Gasteiger partial charge in [0.25, 0.3) is 0 Å². The second kappa shape index (κ2) is 3.65. The molecule has 4 heteroatoms. The molecule has 1 aliphatic carbocycles. The summed E-state index contributed by atoms with van der Waals surface area (Å²) in [4.78, 5) is 0. The molecule has 0 aliphatic heterocycles. The third kappa shape index (κ3) is 2.00. The highest BCUT2D eigenvalue weighted by Crippen LogP contribution is 2.48. The van der Waals surface area contributed by atoms with Crippen molar-refractivity contribution in [2.45, 2.75) is 26.2 Å². The Morgan fingerprint density at radius 3 is 2.79 bits per heavy atom. The summed E-state index contributed by atoms with van der Waals surface area (Å²) in [6, 6.07) is 0. The molecule has 1 aromatic heterocycles. The van der Waals surface area contributed by atoms with Gasteiger partial charge in [-0.25, -0.2) is 0 Å². The Morgan fingerprint density at radius 1 is 1.64 bits per heavy atom. The first-order chi connectivity index (χ1) is 6.64. The van der Waals surface area contributed by atoms with Gasteiger partial charge in [-0.3, -0.25) is 4.68 Å². The van der Waals surface area contributed by atoms with Crippen molar-refractivity contribution in [1.29, 1.82) is 0 Å². The number of rotatable bonds is 4. The second-order valence-electron chi connectivity index (χ2n) is 4.62. The summed E-state index contributed by atoms with van der Waals surface area (Å²) < 4.78 is 1.77. The van der Waals surface area contributed by atoms with E-state index in [0.29, 0.717) is 5.41 Å². The highest BCUT2D eigenvalue weighted by atomic mass is 79.9. The molecular weight excluding hydrogens is 242 g/mol. The van der Waals surface area contributed by atoms with E-state index < -0.39 is 0 Å². The lowest BCUT2D eigenvalue weighted by atomic mass is 9.83. The number of hydrogen-bond donors (Lipinski definition) is 0. The molecule has 1 fully saturated rings. The molecular formula is C10H16BrN3. The number of hydrogen-bond acceptors (Lipinski definition) is 2. The lowest BCUT2D eigenvalue weighted by Crippen LogP contribution is -2.24. The van der Waals surface area contributed by atoms with E-state index in [1.807, 2.05) is 13.2 Å². The summed E-state index contributed by atoms with van der Waals surface area (Å²) in [5.41, 5.74) is 1.48. The molecule has 0 saturated heterocycles. The van der Waals surface area contributed by atoms with Crippen LogP contribution in [0, 0.1) is 11.3 Å². The molecule has 1 atom stereocenters. The van der Waals surface area contributed by atoms with Crippen LogP contribution < -0.4 is 0 Å². The standard InChI is InChI=1S/C10H16BrN3/c1-10(7-11,8-3-4-8)5-9-6-14(2)13-12-9/h6,8H,3-5,7H2,1-2H3. The van der Waals surface area contributed by atoms with Gasteiger partial charge in [0, 0.05) is 18.6 Å². The molecule has 0 spiro atoms. The van der Waals surface area contributed by atoms with Crippen molar-refractivity contribution in [2.75, 3.05) is 5.33 Å². The topological polar surface area (TPSA) is 30.7 Å². The average Bonchev–Trinajstić information content (AvgIpc) is 2.93. The van der Waals surface area contributed by atoms with Crippen molar-refractivity contribution in [3.05, 3.63) is 11.9 Å². The minimum atomic E-state index is 0.371. The van der Waals surface area contributed by atoms with E-state index in [9.17, 15) is 0 Å². The maximum Gasteiger partial charge on any atom is 0.0832 e. The molecule has 2 rings (SSSR count). The fourth-order valence-corrected chi connectivity index (χ4v) is 2.63. The SMILES string of the molecule is Cn1cc(CC(C)(CBr)C2CC2)nn1. The molecule has 1 heterocycles. The van der Waals surface area contributed by atoms with Gasteiger partial charge in [-0.2, -0.15) is 0 Å². The number of aryl methyl sites for hydroxylation is 1. The largest absolute Gasteiger partial charge is 0.255 e. The summed E-state index contributed by atoms with van der Waals surface area (Å²) in [7, 11) is 1.92. The van der Waals surface area contributed by atoms with E-state index in [1.165, 1.54) is 12.8 Å². The molecule has 14 heavy (non-hydrogen) atoms. The van der Waals surface area contributed by atoms with Crippen molar-refractivity contribution in [3.63, 3.8) is 0 Å². The van der Waals surface area contributed by atoms with E-state index >= 15 is 0 Å². The Bertz CT molecular complexity index is 319. The zero-order valence-electron chi connectivity index (χ0n) is 8.70. The van der Waals surface area contributed by atoms with Gasteiger partial charge in [-0.15, -0.1) is 5.10 Å². The van der Waals surface area contributed by atoms with E-state index in [-0.39, 0.29) is 0 Å². The van der Waals surface area contributed by atoms with Gasteiger partial charge in [0.1, 0.15) is 0 Å². The molecule has 78 valence electrons. The maximum absolute atomic E-state index is 4.15. The normalized spacial score (nSPS) is 20.8. The molecule has 0 radical (unpaired) electrons. The van der Waals surface area contributed by atoms with Crippen LogP contribution in [0.25, 0.3) is 0 Å². The van der Waals surface area contributed by atoms with Crippen LogP contribution in [0.4, 0.5) is 0 Å². The first kappa shape index (κ1) is 10.1. The van der Waals surface area contributed by atoms with Crippen LogP contribution in [0.3, 0.4) is 0 Å². The molecule has 0 bridgehead atoms. The van der Waals surface area contributed by atoms with Crippen LogP contribution in [0.1, 0.15) is 25.5 Å². The second-order valence-corrected chi connectivity index (χ2v) is 5.18. The minimum absolute atomic E-state index is 0.371. The predicted molar refractivity (Wildman–Crippen MR) is 59.3 cm³/mol. The van der Waals surface area contributed by atoms with Crippen molar-refractivity contribution < 1.29 is 0 Å². The van der Waals surface area contributed by atoms with Gasteiger partial charge in [0.15, 0.2) is 0 Å². The highest BCUT2D eigenvalue weighted by molar-refractivity contribution is 9.09. The summed E-state index contributed by atoms with van der Waals surface area (Å²) in [6.07, 6.45) is 5.81. The number of halogens is 1. The van der Waals surface area contributed by atoms with Gasteiger partial charge >= 0.3 is 0 Å². The Kier molecular flexibility index (Phi) is 2.64. The van der Waals surface area contributed by atoms with Crippen LogP contribution in [0.5, 0.6) is 0 Å². The summed E-state index contributed by atoms with van der Waals surface area (Å²) >= 11 is 3.62. The predicted octanol–water partition coefficient (Wildman–Crippen LogP) is 2.17. The fraction of sp³-hybridized carbons (Fsp3) is 0.800. The van der Waals surface area contributed by atoms with Gasteiger partial charge in [-0.05, 0) is 30.6 Å². The van der Waals surface area contributed by atoms with Crippen LogP contribution in [-0.2, 0) is 13.5 Å². The first-order valence-electron chi connectivity index (χ1n) is 5.05. The van der Waals surface area contributed by atoms with Gasteiger partial charge in [0.05, 0.1) is 5.69 Å². The Morgan fingerprint density at radius 2 is 2.36 bits per heavy atom. The lowest BCUT2D eigenvalue weighted by molar-refractivity contribution is 0.315. The fourth-order valence-electron chi connectivity index (χ4n) is 1.97.